The number of hydrogen-bond donors (Lipinski definition) is 1. The van der Waals surface area contributed by atoms with Crippen molar-refractivity contribution in [1.82, 2.24) is 10.3 Å². The van der Waals surface area contributed by atoms with Crippen molar-refractivity contribution in [1.29, 1.82) is 0 Å². The zero-order valence-corrected chi connectivity index (χ0v) is 16.3. The highest BCUT2D eigenvalue weighted by molar-refractivity contribution is 5.93. The molecule has 2 heterocycles. The lowest BCUT2D eigenvalue weighted by Gasteiger charge is -2.37. The fourth-order valence-corrected chi connectivity index (χ4v) is 3.69. The number of anilines is 1. The molecule has 1 unspecified atom stereocenters. The maximum atomic E-state index is 12.5. The highest BCUT2D eigenvalue weighted by atomic mass is 16.5. The molecule has 3 rings (SSSR count). The van der Waals surface area contributed by atoms with Gasteiger partial charge in [-0.05, 0) is 61.9 Å². The van der Waals surface area contributed by atoms with Crippen LogP contribution in [0, 0.1) is 0 Å². The molecule has 27 heavy (non-hydrogen) atoms. The van der Waals surface area contributed by atoms with Gasteiger partial charge in [0.05, 0.1) is 7.11 Å². The van der Waals surface area contributed by atoms with E-state index in [1.165, 1.54) is 19.3 Å². The molecule has 5 nitrogen and oxygen atoms in total. The van der Waals surface area contributed by atoms with Crippen molar-refractivity contribution in [3.05, 3.63) is 53.9 Å². The van der Waals surface area contributed by atoms with Gasteiger partial charge in [0.2, 0.25) is 0 Å². The number of ether oxygens (including phenoxy) is 1. The summed E-state index contributed by atoms with van der Waals surface area (Å²) in [5.74, 6) is 0.724. The second-order valence-electron chi connectivity index (χ2n) is 7.00. The summed E-state index contributed by atoms with van der Waals surface area (Å²) in [6.45, 7) is 3.87. The van der Waals surface area contributed by atoms with Crippen molar-refractivity contribution in [2.75, 3.05) is 25.1 Å². The Morgan fingerprint density at radius 2 is 2.07 bits per heavy atom. The first kappa shape index (κ1) is 19.2. The minimum absolute atomic E-state index is 0.115. The molecule has 0 radical (unpaired) electrons. The molecule has 1 saturated heterocycles. The number of nitrogens with zero attached hydrogens (tertiary/aromatic N) is 2. The van der Waals surface area contributed by atoms with Gasteiger partial charge in [0.1, 0.15) is 11.4 Å². The predicted octanol–water partition coefficient (Wildman–Crippen LogP) is 3.83. The van der Waals surface area contributed by atoms with Gasteiger partial charge in [-0.1, -0.05) is 19.1 Å². The number of carbonyl (C=O) groups excluding carboxylic acids is 1. The zero-order valence-electron chi connectivity index (χ0n) is 16.3. The second kappa shape index (κ2) is 9.40. The lowest BCUT2D eigenvalue weighted by molar-refractivity contribution is 0.0949. The summed E-state index contributed by atoms with van der Waals surface area (Å²) in [6, 6.07) is 12.4. The van der Waals surface area contributed by atoms with Gasteiger partial charge in [-0.3, -0.25) is 9.78 Å². The van der Waals surface area contributed by atoms with Gasteiger partial charge < -0.3 is 15.0 Å². The molecule has 1 aliphatic heterocycles. The molecule has 1 aromatic carbocycles. The molecular weight excluding hydrogens is 338 g/mol. The Bertz CT molecular complexity index is 745. The lowest BCUT2D eigenvalue weighted by Crippen LogP contribution is -2.39. The summed E-state index contributed by atoms with van der Waals surface area (Å²) in [4.78, 5) is 19.2. The average molecular weight is 367 g/mol. The van der Waals surface area contributed by atoms with Gasteiger partial charge >= 0.3 is 0 Å². The number of aromatic nitrogens is 1. The average Bonchev–Trinajstić information content (AvgIpc) is 2.74. The van der Waals surface area contributed by atoms with E-state index in [4.69, 9.17) is 4.74 Å². The number of benzene rings is 1. The molecule has 2 aromatic rings. The molecule has 1 N–H and O–H groups in total. The standard InChI is InChI=1S/C22H29N3O2/c1-3-18-6-4-5-15-25(18)19-12-14-23-21(16-19)22(26)24-13-11-17-7-9-20(27-2)10-8-17/h7-10,12,14,16,18H,3-6,11,13,15H2,1-2H3,(H,24,26). The van der Waals surface area contributed by atoms with Crippen LogP contribution in [-0.4, -0.2) is 37.1 Å². The van der Waals surface area contributed by atoms with Crippen LogP contribution in [-0.2, 0) is 6.42 Å². The Morgan fingerprint density at radius 3 is 2.81 bits per heavy atom. The summed E-state index contributed by atoms with van der Waals surface area (Å²) in [5, 5.41) is 2.98. The predicted molar refractivity (Wildman–Crippen MR) is 109 cm³/mol. The summed E-state index contributed by atoms with van der Waals surface area (Å²) < 4.78 is 5.16. The van der Waals surface area contributed by atoms with Crippen LogP contribution in [0.5, 0.6) is 5.75 Å². The Balaban J connectivity index is 1.58. The highest BCUT2D eigenvalue weighted by Crippen LogP contribution is 2.26. The summed E-state index contributed by atoms with van der Waals surface area (Å²) in [6.07, 6.45) is 7.38. The first-order chi connectivity index (χ1) is 13.2. The highest BCUT2D eigenvalue weighted by Gasteiger charge is 2.22. The second-order valence-corrected chi connectivity index (χ2v) is 7.00. The molecule has 1 aromatic heterocycles. The molecule has 0 saturated carbocycles. The van der Waals surface area contributed by atoms with Crippen LogP contribution in [0.3, 0.4) is 0 Å². The van der Waals surface area contributed by atoms with Gasteiger partial charge in [-0.25, -0.2) is 0 Å². The SMILES string of the molecule is CCC1CCCCN1c1ccnc(C(=O)NCCc2ccc(OC)cc2)c1. The van der Waals surface area contributed by atoms with Crippen molar-refractivity contribution >= 4 is 11.6 Å². The van der Waals surface area contributed by atoms with Crippen LogP contribution >= 0.6 is 0 Å². The van der Waals surface area contributed by atoms with E-state index in [-0.39, 0.29) is 5.91 Å². The van der Waals surface area contributed by atoms with E-state index in [1.54, 1.807) is 13.3 Å². The van der Waals surface area contributed by atoms with E-state index < -0.39 is 0 Å². The fraction of sp³-hybridized carbons (Fsp3) is 0.455. The molecule has 144 valence electrons. The number of methoxy groups -OCH3 is 1. The molecule has 5 heteroatoms. The van der Waals surface area contributed by atoms with Crippen molar-refractivity contribution in [3.63, 3.8) is 0 Å². The number of piperidine rings is 1. The van der Waals surface area contributed by atoms with Crippen molar-refractivity contribution in [2.24, 2.45) is 0 Å². The Morgan fingerprint density at radius 1 is 1.26 bits per heavy atom. The van der Waals surface area contributed by atoms with Gasteiger partial charge in [0.25, 0.3) is 5.91 Å². The van der Waals surface area contributed by atoms with Gasteiger partial charge in [0, 0.05) is 31.0 Å². The van der Waals surface area contributed by atoms with Crippen molar-refractivity contribution in [2.45, 2.75) is 45.1 Å². The molecule has 1 amide bonds. The monoisotopic (exact) mass is 367 g/mol. The third-order valence-corrected chi connectivity index (χ3v) is 5.26. The Hall–Kier alpha value is -2.56. The Labute approximate surface area is 161 Å². The number of nitrogens with one attached hydrogen (secondary N) is 1. The minimum atomic E-state index is -0.115. The minimum Gasteiger partial charge on any atom is -0.497 e. The maximum Gasteiger partial charge on any atom is 0.269 e. The summed E-state index contributed by atoms with van der Waals surface area (Å²) >= 11 is 0. The maximum absolute atomic E-state index is 12.5. The van der Waals surface area contributed by atoms with E-state index in [0.29, 0.717) is 18.3 Å². The summed E-state index contributed by atoms with van der Waals surface area (Å²) in [7, 11) is 1.66. The van der Waals surface area contributed by atoms with E-state index in [2.05, 4.69) is 22.1 Å². The third-order valence-electron chi connectivity index (χ3n) is 5.26. The normalized spacial score (nSPS) is 16.8. The number of carbonyl (C=O) groups is 1. The number of amides is 1. The lowest BCUT2D eigenvalue weighted by atomic mass is 9.99. The molecule has 0 spiro atoms. The quantitative estimate of drug-likeness (QED) is 0.808. The van der Waals surface area contributed by atoms with E-state index >= 15 is 0 Å². The molecule has 0 aliphatic carbocycles. The van der Waals surface area contributed by atoms with Crippen molar-refractivity contribution < 1.29 is 9.53 Å². The van der Waals surface area contributed by atoms with Crippen LogP contribution < -0.4 is 15.0 Å². The van der Waals surface area contributed by atoms with Crippen LogP contribution in [0.4, 0.5) is 5.69 Å². The van der Waals surface area contributed by atoms with Crippen LogP contribution in [0.2, 0.25) is 0 Å². The Kier molecular flexibility index (Phi) is 6.69. The fourth-order valence-electron chi connectivity index (χ4n) is 3.69. The molecule has 1 fully saturated rings. The molecule has 1 aliphatic rings. The van der Waals surface area contributed by atoms with E-state index in [1.807, 2.05) is 36.4 Å². The van der Waals surface area contributed by atoms with Crippen LogP contribution in [0.15, 0.2) is 42.6 Å². The van der Waals surface area contributed by atoms with E-state index in [9.17, 15) is 4.79 Å². The number of hydrogen-bond acceptors (Lipinski definition) is 4. The number of rotatable bonds is 7. The molecule has 0 bridgehead atoms. The number of pyridine rings is 1. The van der Waals surface area contributed by atoms with Gasteiger partial charge in [-0.15, -0.1) is 0 Å². The smallest absolute Gasteiger partial charge is 0.269 e. The van der Waals surface area contributed by atoms with Crippen molar-refractivity contribution in [3.8, 4) is 5.75 Å². The first-order valence-corrected chi connectivity index (χ1v) is 9.85. The van der Waals surface area contributed by atoms with Gasteiger partial charge in [-0.2, -0.15) is 0 Å². The summed E-state index contributed by atoms with van der Waals surface area (Å²) in [5.41, 5.74) is 2.76. The topological polar surface area (TPSA) is 54.5 Å². The molecular formula is C22H29N3O2. The van der Waals surface area contributed by atoms with Crippen LogP contribution in [0.25, 0.3) is 0 Å². The van der Waals surface area contributed by atoms with E-state index in [0.717, 1.165) is 36.4 Å². The molecule has 1 atom stereocenters. The zero-order chi connectivity index (χ0) is 19.1. The first-order valence-electron chi connectivity index (χ1n) is 9.85. The van der Waals surface area contributed by atoms with Gasteiger partial charge in [0.15, 0.2) is 0 Å². The largest absolute Gasteiger partial charge is 0.497 e. The van der Waals surface area contributed by atoms with Crippen LogP contribution in [0.1, 0.15) is 48.7 Å². The third kappa shape index (κ3) is 5.00.